The molecule has 0 unspecified atom stereocenters. The summed E-state index contributed by atoms with van der Waals surface area (Å²) < 4.78 is 31.7. The molecule has 0 atom stereocenters. The fraction of sp³-hybridized carbons (Fsp3) is 0.133. The highest BCUT2D eigenvalue weighted by molar-refractivity contribution is 9.10. The summed E-state index contributed by atoms with van der Waals surface area (Å²) >= 11 is 3.15. The molecule has 0 saturated heterocycles. The third-order valence-electron chi connectivity index (χ3n) is 2.60. The van der Waals surface area contributed by atoms with E-state index in [0.717, 1.165) is 0 Å². The molecule has 0 amide bonds. The highest BCUT2D eigenvalue weighted by Gasteiger charge is 2.07. The molecule has 0 aliphatic heterocycles. The third-order valence-corrected chi connectivity index (χ3v) is 3.06. The van der Waals surface area contributed by atoms with E-state index < -0.39 is 5.82 Å². The molecule has 104 valence electrons. The molecule has 2 rings (SSSR count). The van der Waals surface area contributed by atoms with Crippen molar-refractivity contribution in [3.63, 3.8) is 0 Å². The predicted molar refractivity (Wildman–Crippen MR) is 74.9 cm³/mol. The summed E-state index contributed by atoms with van der Waals surface area (Å²) in [6, 6.07) is 9.50. The van der Waals surface area contributed by atoms with Crippen LogP contribution in [0.15, 0.2) is 46.9 Å². The number of hydrogen-bond donors (Lipinski definition) is 0. The Kier molecular flexibility index (Phi) is 4.84. The smallest absolute Gasteiger partial charge is 0.166 e. The van der Waals surface area contributed by atoms with Crippen molar-refractivity contribution < 1.29 is 18.3 Å². The largest absolute Gasteiger partial charge is 0.493 e. The average Bonchev–Trinajstić information content (AvgIpc) is 2.38. The molecule has 0 heterocycles. The predicted octanol–water partition coefficient (Wildman–Crippen LogP) is 4.38. The Morgan fingerprint density at radius 3 is 2.40 bits per heavy atom. The lowest BCUT2D eigenvalue weighted by Gasteiger charge is -2.06. The quantitative estimate of drug-likeness (QED) is 0.755. The second kappa shape index (κ2) is 6.61. The van der Waals surface area contributed by atoms with Gasteiger partial charge in [-0.1, -0.05) is 15.9 Å². The van der Waals surface area contributed by atoms with Crippen LogP contribution in [0.5, 0.6) is 5.75 Å². The molecule has 20 heavy (non-hydrogen) atoms. The van der Waals surface area contributed by atoms with Crippen molar-refractivity contribution in [2.45, 2.75) is 6.42 Å². The Morgan fingerprint density at radius 2 is 1.75 bits per heavy atom. The lowest BCUT2D eigenvalue weighted by Crippen LogP contribution is -2.07. The average molecular weight is 341 g/mol. The van der Waals surface area contributed by atoms with Crippen LogP contribution >= 0.6 is 15.9 Å². The second-order valence-corrected chi connectivity index (χ2v) is 5.05. The first kappa shape index (κ1) is 14.7. The first-order valence-corrected chi connectivity index (χ1v) is 6.71. The number of ketones is 1. The molecule has 2 nitrogen and oxygen atoms in total. The molecular formula is C15H11BrF2O2. The van der Waals surface area contributed by atoms with E-state index in [1.54, 1.807) is 6.07 Å². The zero-order valence-electron chi connectivity index (χ0n) is 10.4. The van der Waals surface area contributed by atoms with Crippen molar-refractivity contribution in [3.8, 4) is 5.75 Å². The Bertz CT molecular complexity index is 592. The summed E-state index contributed by atoms with van der Waals surface area (Å²) in [4.78, 5) is 11.8. The van der Waals surface area contributed by atoms with Crippen LogP contribution in [-0.4, -0.2) is 12.4 Å². The normalized spacial score (nSPS) is 10.3. The summed E-state index contributed by atoms with van der Waals surface area (Å²) in [5, 5.41) is 0. The van der Waals surface area contributed by atoms with E-state index in [0.29, 0.717) is 15.8 Å². The molecule has 0 fully saturated rings. The molecular weight excluding hydrogens is 330 g/mol. The Morgan fingerprint density at radius 1 is 1.05 bits per heavy atom. The topological polar surface area (TPSA) is 26.3 Å². The van der Waals surface area contributed by atoms with E-state index in [9.17, 15) is 13.6 Å². The molecule has 0 bridgehead atoms. The molecule has 0 aromatic heterocycles. The van der Waals surface area contributed by atoms with Gasteiger partial charge in [0.2, 0.25) is 0 Å². The summed E-state index contributed by atoms with van der Waals surface area (Å²) in [6.45, 7) is 0.131. The Balaban J connectivity index is 1.89. The molecule has 0 saturated carbocycles. The van der Waals surface area contributed by atoms with E-state index in [1.165, 1.54) is 36.4 Å². The molecule has 0 aliphatic rings. The number of benzene rings is 2. The summed E-state index contributed by atoms with van der Waals surface area (Å²) in [7, 11) is 0. The lowest BCUT2D eigenvalue weighted by molar-refractivity contribution is 0.0962. The van der Waals surface area contributed by atoms with Crippen LogP contribution in [0.2, 0.25) is 0 Å². The first-order valence-electron chi connectivity index (χ1n) is 5.92. The molecule has 0 spiro atoms. The van der Waals surface area contributed by atoms with Gasteiger partial charge in [0.1, 0.15) is 17.4 Å². The van der Waals surface area contributed by atoms with Crippen molar-refractivity contribution >= 4 is 21.7 Å². The zero-order chi connectivity index (χ0) is 14.5. The van der Waals surface area contributed by atoms with Gasteiger partial charge in [-0.15, -0.1) is 0 Å². The number of halogens is 3. The van der Waals surface area contributed by atoms with Gasteiger partial charge in [0.05, 0.1) is 6.61 Å². The molecule has 0 aliphatic carbocycles. The van der Waals surface area contributed by atoms with Gasteiger partial charge in [0.15, 0.2) is 5.78 Å². The molecule has 5 heteroatoms. The van der Waals surface area contributed by atoms with Gasteiger partial charge in [-0.2, -0.15) is 0 Å². The molecule has 2 aromatic carbocycles. The van der Waals surface area contributed by atoms with Gasteiger partial charge in [0, 0.05) is 22.5 Å². The van der Waals surface area contributed by atoms with Crippen LogP contribution in [0.3, 0.4) is 0 Å². The van der Waals surface area contributed by atoms with Gasteiger partial charge >= 0.3 is 0 Å². The number of hydrogen-bond acceptors (Lipinski definition) is 2. The fourth-order valence-electron chi connectivity index (χ4n) is 1.65. The fourth-order valence-corrected chi connectivity index (χ4v) is 2.10. The second-order valence-electron chi connectivity index (χ2n) is 4.13. The van der Waals surface area contributed by atoms with Crippen molar-refractivity contribution in [2.75, 3.05) is 6.61 Å². The minimum atomic E-state index is -0.417. The maximum atomic E-state index is 13.1. The highest BCUT2D eigenvalue weighted by Crippen LogP contribution is 2.20. The summed E-state index contributed by atoms with van der Waals surface area (Å²) in [5.74, 6) is -0.606. The van der Waals surface area contributed by atoms with E-state index in [2.05, 4.69) is 15.9 Å². The Labute approximate surface area is 123 Å². The molecule has 0 N–H and O–H groups in total. The van der Waals surface area contributed by atoms with Gasteiger partial charge in [-0.25, -0.2) is 8.78 Å². The summed E-state index contributed by atoms with van der Waals surface area (Å²) in [5.41, 5.74) is 0.426. The van der Waals surface area contributed by atoms with Crippen molar-refractivity contribution in [1.82, 2.24) is 0 Å². The number of rotatable bonds is 5. The first-order chi connectivity index (χ1) is 9.54. The van der Waals surface area contributed by atoms with Gasteiger partial charge in [-0.05, 0) is 36.4 Å². The van der Waals surface area contributed by atoms with Crippen molar-refractivity contribution in [2.24, 2.45) is 0 Å². The van der Waals surface area contributed by atoms with Crippen molar-refractivity contribution in [1.29, 1.82) is 0 Å². The van der Waals surface area contributed by atoms with Crippen molar-refractivity contribution in [3.05, 3.63) is 64.1 Å². The SMILES string of the molecule is O=C(CCOc1cc(F)cc(Br)c1)c1ccc(F)cc1. The van der Waals surface area contributed by atoms with Crippen LogP contribution in [0.4, 0.5) is 8.78 Å². The van der Waals surface area contributed by atoms with Gasteiger partial charge in [0.25, 0.3) is 0 Å². The lowest BCUT2D eigenvalue weighted by atomic mass is 10.1. The number of ether oxygens (including phenoxy) is 1. The van der Waals surface area contributed by atoms with E-state index >= 15 is 0 Å². The number of carbonyl (C=O) groups excluding carboxylic acids is 1. The third kappa shape index (κ3) is 4.13. The monoisotopic (exact) mass is 340 g/mol. The molecule has 0 radical (unpaired) electrons. The maximum absolute atomic E-state index is 13.1. The van der Waals surface area contributed by atoms with Gasteiger partial charge in [-0.3, -0.25) is 4.79 Å². The van der Waals surface area contributed by atoms with Gasteiger partial charge < -0.3 is 4.74 Å². The van der Waals surface area contributed by atoms with E-state index in [4.69, 9.17) is 4.74 Å². The highest BCUT2D eigenvalue weighted by atomic mass is 79.9. The minimum absolute atomic E-state index is 0.131. The number of Topliss-reactive ketones (excluding diaryl/α,β-unsaturated/α-hetero) is 1. The van der Waals surface area contributed by atoms with Crippen LogP contribution in [0.1, 0.15) is 16.8 Å². The zero-order valence-corrected chi connectivity index (χ0v) is 12.0. The number of carbonyl (C=O) groups is 1. The van der Waals surface area contributed by atoms with E-state index in [-0.39, 0.29) is 24.6 Å². The van der Waals surface area contributed by atoms with Crippen LogP contribution in [-0.2, 0) is 0 Å². The van der Waals surface area contributed by atoms with E-state index in [1.807, 2.05) is 0 Å². The van der Waals surface area contributed by atoms with Crippen LogP contribution in [0, 0.1) is 11.6 Å². The summed E-state index contributed by atoms with van der Waals surface area (Å²) in [6.07, 6.45) is 0.139. The Hall–Kier alpha value is -1.75. The van der Waals surface area contributed by atoms with Crippen LogP contribution < -0.4 is 4.74 Å². The molecule has 2 aromatic rings. The van der Waals surface area contributed by atoms with Crippen LogP contribution in [0.25, 0.3) is 0 Å². The standard InChI is InChI=1S/C15H11BrF2O2/c16-11-7-13(18)9-14(8-11)20-6-5-15(19)10-1-3-12(17)4-2-10/h1-4,7-9H,5-6H2. The maximum Gasteiger partial charge on any atom is 0.166 e. The minimum Gasteiger partial charge on any atom is -0.493 e.